The van der Waals surface area contributed by atoms with Gasteiger partial charge in [0.2, 0.25) is 0 Å². The van der Waals surface area contributed by atoms with Crippen molar-refractivity contribution in [3.05, 3.63) is 82.3 Å². The summed E-state index contributed by atoms with van der Waals surface area (Å²) in [5, 5.41) is 3.85. The van der Waals surface area contributed by atoms with Crippen molar-refractivity contribution >= 4 is 28.1 Å². The number of hydrogen-bond acceptors (Lipinski definition) is 3. The van der Waals surface area contributed by atoms with Crippen LogP contribution in [0.3, 0.4) is 0 Å². The molecular formula is C18H12BrFN2O2. The fraction of sp³-hybridized carbons (Fsp3) is 0. The molecule has 3 rings (SSSR count). The number of hydrazone groups is 1. The lowest BCUT2D eigenvalue weighted by Crippen LogP contribution is -2.17. The maximum Gasteiger partial charge on any atom is 0.271 e. The first-order valence-electron chi connectivity index (χ1n) is 7.07. The smallest absolute Gasteiger partial charge is 0.271 e. The minimum atomic E-state index is -0.427. The van der Waals surface area contributed by atoms with E-state index in [1.165, 1.54) is 30.5 Å². The van der Waals surface area contributed by atoms with Gasteiger partial charge in [0.25, 0.3) is 5.91 Å². The first-order valence-corrected chi connectivity index (χ1v) is 7.86. The molecule has 4 nitrogen and oxygen atoms in total. The van der Waals surface area contributed by atoms with Crippen molar-refractivity contribution in [3.8, 4) is 11.3 Å². The van der Waals surface area contributed by atoms with E-state index in [9.17, 15) is 9.18 Å². The van der Waals surface area contributed by atoms with Crippen molar-refractivity contribution in [1.29, 1.82) is 0 Å². The van der Waals surface area contributed by atoms with E-state index in [4.69, 9.17) is 4.42 Å². The molecule has 0 unspecified atom stereocenters. The van der Waals surface area contributed by atoms with Crippen LogP contribution in [0.4, 0.5) is 4.39 Å². The SMILES string of the molecule is O=C(N/N=C\c1ccc(-c2ccccc2Br)o1)c1ccc(F)cc1. The number of amides is 1. The molecule has 0 aliphatic heterocycles. The molecule has 24 heavy (non-hydrogen) atoms. The van der Waals surface area contributed by atoms with Gasteiger partial charge in [0, 0.05) is 15.6 Å². The van der Waals surface area contributed by atoms with Crippen LogP contribution in [0.1, 0.15) is 16.1 Å². The maximum absolute atomic E-state index is 12.8. The molecule has 0 atom stereocenters. The molecule has 2 aromatic carbocycles. The monoisotopic (exact) mass is 386 g/mol. The van der Waals surface area contributed by atoms with Crippen molar-refractivity contribution in [3.63, 3.8) is 0 Å². The molecule has 0 aliphatic rings. The lowest BCUT2D eigenvalue weighted by atomic mass is 10.2. The minimum Gasteiger partial charge on any atom is -0.455 e. The standard InChI is InChI=1S/C18H12BrFN2O2/c19-16-4-2-1-3-15(16)17-10-9-14(24-17)11-21-22-18(23)12-5-7-13(20)8-6-12/h1-11H,(H,22,23)/b21-11-. The quantitative estimate of drug-likeness (QED) is 0.525. The zero-order valence-electron chi connectivity index (χ0n) is 12.4. The van der Waals surface area contributed by atoms with Gasteiger partial charge in [-0.15, -0.1) is 0 Å². The Morgan fingerprint density at radius 2 is 1.83 bits per heavy atom. The van der Waals surface area contributed by atoms with Gasteiger partial charge in [0.1, 0.15) is 17.3 Å². The van der Waals surface area contributed by atoms with Crippen LogP contribution in [0.5, 0.6) is 0 Å². The Morgan fingerprint density at radius 1 is 1.08 bits per heavy atom. The van der Waals surface area contributed by atoms with Crippen molar-refractivity contribution < 1.29 is 13.6 Å². The number of rotatable bonds is 4. The Bertz CT molecular complexity index is 888. The predicted molar refractivity (Wildman–Crippen MR) is 93.3 cm³/mol. The van der Waals surface area contributed by atoms with Gasteiger partial charge in [-0.05, 0) is 42.5 Å². The zero-order chi connectivity index (χ0) is 16.9. The number of carbonyl (C=O) groups is 1. The highest BCUT2D eigenvalue weighted by Gasteiger charge is 2.07. The number of nitrogens with one attached hydrogen (secondary N) is 1. The van der Waals surface area contributed by atoms with E-state index in [1.54, 1.807) is 6.07 Å². The van der Waals surface area contributed by atoms with Crippen molar-refractivity contribution in [2.24, 2.45) is 5.10 Å². The Labute approximate surface area is 146 Å². The van der Waals surface area contributed by atoms with Crippen LogP contribution in [-0.4, -0.2) is 12.1 Å². The van der Waals surface area contributed by atoms with Crippen molar-refractivity contribution in [2.75, 3.05) is 0 Å². The Balaban J connectivity index is 1.66. The molecule has 3 aromatic rings. The molecule has 6 heteroatoms. The van der Waals surface area contributed by atoms with Gasteiger partial charge >= 0.3 is 0 Å². The number of furan rings is 1. The number of benzene rings is 2. The van der Waals surface area contributed by atoms with Crippen LogP contribution >= 0.6 is 15.9 Å². The largest absolute Gasteiger partial charge is 0.455 e. The lowest BCUT2D eigenvalue weighted by molar-refractivity contribution is 0.0955. The van der Waals surface area contributed by atoms with Gasteiger partial charge in [0.15, 0.2) is 0 Å². The summed E-state index contributed by atoms with van der Waals surface area (Å²) in [5.41, 5.74) is 3.61. The van der Waals surface area contributed by atoms with Crippen LogP contribution in [0.15, 0.2) is 74.7 Å². The number of carbonyl (C=O) groups excluding carboxylic acids is 1. The molecule has 120 valence electrons. The van der Waals surface area contributed by atoms with Crippen LogP contribution in [-0.2, 0) is 0 Å². The first kappa shape index (κ1) is 16.1. The third-order valence-corrected chi connectivity index (χ3v) is 3.92. The Hall–Kier alpha value is -2.73. The van der Waals surface area contributed by atoms with Crippen LogP contribution in [0.2, 0.25) is 0 Å². The summed E-state index contributed by atoms with van der Waals surface area (Å²) in [6.07, 6.45) is 1.40. The average molecular weight is 387 g/mol. The van der Waals surface area contributed by atoms with E-state index in [0.29, 0.717) is 17.1 Å². The van der Waals surface area contributed by atoms with Crippen molar-refractivity contribution in [1.82, 2.24) is 5.43 Å². The summed E-state index contributed by atoms with van der Waals surface area (Å²) in [6.45, 7) is 0. The second-order valence-electron chi connectivity index (χ2n) is 4.89. The molecule has 1 amide bonds. The highest BCUT2D eigenvalue weighted by molar-refractivity contribution is 9.10. The second-order valence-corrected chi connectivity index (χ2v) is 5.74. The molecule has 0 saturated carbocycles. The van der Waals surface area contributed by atoms with Crippen LogP contribution < -0.4 is 5.43 Å². The van der Waals surface area contributed by atoms with Crippen molar-refractivity contribution in [2.45, 2.75) is 0 Å². The number of halogens is 2. The fourth-order valence-corrected chi connectivity index (χ4v) is 2.53. The minimum absolute atomic E-state index is 0.321. The molecule has 0 saturated heterocycles. The summed E-state index contributed by atoms with van der Waals surface area (Å²) in [6, 6.07) is 16.5. The zero-order valence-corrected chi connectivity index (χ0v) is 14.0. The highest BCUT2D eigenvalue weighted by Crippen LogP contribution is 2.28. The van der Waals surface area contributed by atoms with E-state index in [-0.39, 0.29) is 0 Å². The Kier molecular flexibility index (Phi) is 4.86. The molecule has 0 radical (unpaired) electrons. The third kappa shape index (κ3) is 3.78. The van der Waals surface area contributed by atoms with E-state index < -0.39 is 11.7 Å². The fourth-order valence-electron chi connectivity index (χ4n) is 2.05. The molecule has 1 aromatic heterocycles. The second kappa shape index (κ2) is 7.23. The molecule has 1 N–H and O–H groups in total. The third-order valence-electron chi connectivity index (χ3n) is 3.23. The van der Waals surface area contributed by atoms with Gasteiger partial charge < -0.3 is 4.42 Å². The Morgan fingerprint density at radius 3 is 2.58 bits per heavy atom. The van der Waals surface area contributed by atoms with E-state index >= 15 is 0 Å². The summed E-state index contributed by atoms with van der Waals surface area (Å²) < 4.78 is 19.4. The topological polar surface area (TPSA) is 54.6 Å². The maximum atomic E-state index is 12.8. The van der Waals surface area contributed by atoms with Crippen LogP contribution in [0.25, 0.3) is 11.3 Å². The summed E-state index contributed by atoms with van der Waals surface area (Å²) in [5.74, 6) is 0.364. The number of nitrogens with zero attached hydrogens (tertiary/aromatic N) is 1. The average Bonchev–Trinajstić information content (AvgIpc) is 3.04. The molecule has 0 spiro atoms. The summed E-state index contributed by atoms with van der Waals surface area (Å²) in [4.78, 5) is 11.8. The summed E-state index contributed by atoms with van der Waals surface area (Å²) in [7, 11) is 0. The van der Waals surface area contributed by atoms with Crippen LogP contribution in [0, 0.1) is 5.82 Å². The van der Waals surface area contributed by atoms with Gasteiger partial charge in [-0.25, -0.2) is 9.82 Å². The van der Waals surface area contributed by atoms with Gasteiger partial charge in [-0.3, -0.25) is 4.79 Å². The molecule has 1 heterocycles. The van der Waals surface area contributed by atoms with E-state index in [1.807, 2.05) is 30.3 Å². The normalized spacial score (nSPS) is 10.9. The van der Waals surface area contributed by atoms with Gasteiger partial charge in [-0.1, -0.05) is 34.1 Å². The van der Waals surface area contributed by atoms with Gasteiger partial charge in [0.05, 0.1) is 6.21 Å². The molecule has 0 fully saturated rings. The molecule has 0 bridgehead atoms. The molecular weight excluding hydrogens is 375 g/mol. The van der Waals surface area contributed by atoms with E-state index in [0.717, 1.165) is 10.0 Å². The highest BCUT2D eigenvalue weighted by atomic mass is 79.9. The van der Waals surface area contributed by atoms with Gasteiger partial charge in [-0.2, -0.15) is 5.10 Å². The van der Waals surface area contributed by atoms with E-state index in [2.05, 4.69) is 26.5 Å². The first-order chi connectivity index (χ1) is 11.6. The molecule has 0 aliphatic carbocycles. The summed E-state index contributed by atoms with van der Waals surface area (Å²) >= 11 is 3.47. The predicted octanol–water partition coefficient (Wildman–Crippen LogP) is 4.61. The lowest BCUT2D eigenvalue weighted by Gasteiger charge is -2.00. The number of hydrogen-bond donors (Lipinski definition) is 1.